The van der Waals surface area contributed by atoms with Crippen LogP contribution in [-0.4, -0.2) is 25.2 Å². The third-order valence-corrected chi connectivity index (χ3v) is 2.07. The van der Waals surface area contributed by atoms with Crippen molar-refractivity contribution in [3.05, 3.63) is 35.9 Å². The van der Waals surface area contributed by atoms with Gasteiger partial charge in [0.1, 0.15) is 0 Å². The fraction of sp³-hybridized carbons (Fsp3) is 0.462. The highest BCUT2D eigenvalue weighted by atomic mass is 16.8. The van der Waals surface area contributed by atoms with Gasteiger partial charge in [-0.1, -0.05) is 18.2 Å². The summed E-state index contributed by atoms with van der Waals surface area (Å²) in [5.74, 6) is -0.401. The van der Waals surface area contributed by atoms with Crippen molar-refractivity contribution in [1.29, 1.82) is 0 Å². The van der Waals surface area contributed by atoms with Gasteiger partial charge in [-0.25, -0.2) is 4.79 Å². The van der Waals surface area contributed by atoms with Crippen LogP contribution < -0.4 is 0 Å². The first-order valence-electron chi connectivity index (χ1n) is 5.66. The molecule has 0 saturated carbocycles. The number of hydrogen-bond acceptors (Lipinski definition) is 4. The summed E-state index contributed by atoms with van der Waals surface area (Å²) in [6.45, 7) is 5.85. The van der Waals surface area contributed by atoms with Crippen LogP contribution in [0.2, 0.25) is 0 Å². The molecule has 0 bridgehead atoms. The maximum atomic E-state index is 11.7. The minimum absolute atomic E-state index is 0.390. The maximum Gasteiger partial charge on any atom is 0.340 e. The van der Waals surface area contributed by atoms with Crippen LogP contribution in [-0.2, 0) is 14.2 Å². The van der Waals surface area contributed by atoms with Gasteiger partial charge in [0.15, 0.2) is 6.29 Å². The first-order chi connectivity index (χ1) is 8.13. The second-order valence-electron chi connectivity index (χ2n) is 3.50. The number of hydrogen-bond donors (Lipinski definition) is 0. The lowest BCUT2D eigenvalue weighted by atomic mass is 10.2. The summed E-state index contributed by atoms with van der Waals surface area (Å²) in [5.41, 5.74) is 0.506. The number of carbonyl (C=O) groups is 1. The monoisotopic (exact) mass is 238 g/mol. The fourth-order valence-corrected chi connectivity index (χ4v) is 1.36. The Morgan fingerprint density at radius 2 is 1.82 bits per heavy atom. The molecule has 0 fully saturated rings. The van der Waals surface area contributed by atoms with E-state index in [0.29, 0.717) is 12.2 Å². The maximum absolute atomic E-state index is 11.7. The second kappa shape index (κ2) is 7.04. The van der Waals surface area contributed by atoms with Crippen LogP contribution in [0.5, 0.6) is 0 Å². The van der Waals surface area contributed by atoms with Gasteiger partial charge in [0, 0.05) is 6.61 Å². The van der Waals surface area contributed by atoms with Crippen LogP contribution in [0.4, 0.5) is 0 Å². The molecule has 0 aliphatic heterocycles. The van der Waals surface area contributed by atoms with E-state index in [9.17, 15) is 4.79 Å². The van der Waals surface area contributed by atoms with Gasteiger partial charge >= 0.3 is 5.97 Å². The molecule has 17 heavy (non-hydrogen) atoms. The van der Waals surface area contributed by atoms with Crippen LogP contribution in [0.15, 0.2) is 30.3 Å². The smallest absolute Gasteiger partial charge is 0.340 e. The van der Waals surface area contributed by atoms with Crippen molar-refractivity contribution in [3.63, 3.8) is 0 Å². The molecule has 0 radical (unpaired) electrons. The van der Waals surface area contributed by atoms with E-state index in [4.69, 9.17) is 14.2 Å². The second-order valence-corrected chi connectivity index (χ2v) is 3.50. The van der Waals surface area contributed by atoms with Gasteiger partial charge in [0.05, 0.1) is 5.56 Å². The molecule has 0 N–H and O–H groups in total. The van der Waals surface area contributed by atoms with E-state index in [0.717, 1.165) is 0 Å². The minimum Gasteiger partial charge on any atom is -0.432 e. The topological polar surface area (TPSA) is 44.8 Å². The Hall–Kier alpha value is -1.39. The van der Waals surface area contributed by atoms with Crippen LogP contribution >= 0.6 is 0 Å². The van der Waals surface area contributed by atoms with E-state index >= 15 is 0 Å². The summed E-state index contributed by atoms with van der Waals surface area (Å²) in [4.78, 5) is 11.7. The Morgan fingerprint density at radius 3 is 2.41 bits per heavy atom. The van der Waals surface area contributed by atoms with Crippen molar-refractivity contribution in [2.45, 2.75) is 33.4 Å². The predicted molar refractivity (Wildman–Crippen MR) is 63.5 cm³/mol. The quantitative estimate of drug-likeness (QED) is 0.564. The van der Waals surface area contributed by atoms with Gasteiger partial charge in [0.2, 0.25) is 6.29 Å². The molecule has 4 heteroatoms. The fourth-order valence-electron chi connectivity index (χ4n) is 1.36. The van der Waals surface area contributed by atoms with E-state index in [1.807, 2.05) is 13.0 Å². The Kier molecular flexibility index (Phi) is 5.66. The van der Waals surface area contributed by atoms with Gasteiger partial charge in [-0.2, -0.15) is 0 Å². The van der Waals surface area contributed by atoms with Crippen LogP contribution in [0.3, 0.4) is 0 Å². The molecule has 0 aliphatic rings. The molecule has 0 aliphatic carbocycles. The van der Waals surface area contributed by atoms with Crippen molar-refractivity contribution in [2.75, 3.05) is 6.61 Å². The van der Waals surface area contributed by atoms with Crippen molar-refractivity contribution in [1.82, 2.24) is 0 Å². The predicted octanol–water partition coefficient (Wildman–Crippen LogP) is 2.59. The summed E-state index contributed by atoms with van der Waals surface area (Å²) < 4.78 is 15.6. The molecular formula is C13H18O4. The zero-order chi connectivity index (χ0) is 12.7. The molecule has 0 amide bonds. The third kappa shape index (κ3) is 4.97. The Balaban J connectivity index is 2.41. The zero-order valence-electron chi connectivity index (χ0n) is 10.4. The van der Waals surface area contributed by atoms with Gasteiger partial charge in [-0.15, -0.1) is 0 Å². The highest BCUT2D eigenvalue weighted by Gasteiger charge is 2.14. The molecule has 1 aromatic rings. The Morgan fingerprint density at radius 1 is 1.18 bits per heavy atom. The zero-order valence-corrected chi connectivity index (χ0v) is 10.4. The first kappa shape index (κ1) is 13.7. The van der Waals surface area contributed by atoms with Crippen LogP contribution in [0.1, 0.15) is 31.1 Å². The van der Waals surface area contributed by atoms with Gasteiger partial charge < -0.3 is 14.2 Å². The standard InChI is InChI=1S/C13H18O4/c1-4-15-10(2)16-11(3)17-13(14)12-8-6-5-7-9-12/h5-11H,4H2,1-3H3. The number of carbonyl (C=O) groups excluding carboxylic acids is 1. The van der Waals surface area contributed by atoms with Crippen molar-refractivity contribution in [3.8, 4) is 0 Å². The van der Waals surface area contributed by atoms with Gasteiger partial charge in [-0.05, 0) is 32.9 Å². The van der Waals surface area contributed by atoms with Gasteiger partial charge in [-0.3, -0.25) is 0 Å². The number of benzene rings is 1. The number of ether oxygens (including phenoxy) is 3. The van der Waals surface area contributed by atoms with E-state index < -0.39 is 18.5 Å². The van der Waals surface area contributed by atoms with Crippen molar-refractivity contribution in [2.24, 2.45) is 0 Å². The molecule has 1 aromatic carbocycles. The summed E-state index contributed by atoms with van der Waals surface area (Å²) in [5, 5.41) is 0. The molecule has 4 nitrogen and oxygen atoms in total. The van der Waals surface area contributed by atoms with E-state index in [1.165, 1.54) is 0 Å². The Labute approximate surface area is 101 Å². The molecule has 2 unspecified atom stereocenters. The minimum atomic E-state index is -0.635. The van der Waals surface area contributed by atoms with Crippen molar-refractivity contribution < 1.29 is 19.0 Å². The molecule has 1 rings (SSSR count). The SMILES string of the molecule is CCOC(C)OC(C)OC(=O)c1ccccc1. The molecule has 0 aromatic heterocycles. The summed E-state index contributed by atoms with van der Waals surface area (Å²) >= 11 is 0. The molecule has 0 heterocycles. The van der Waals surface area contributed by atoms with E-state index in [-0.39, 0.29) is 0 Å². The average molecular weight is 238 g/mol. The third-order valence-electron chi connectivity index (χ3n) is 2.07. The molecule has 2 atom stereocenters. The summed E-state index contributed by atoms with van der Waals surface area (Å²) in [6.07, 6.45) is -1.03. The lowest BCUT2D eigenvalue weighted by Gasteiger charge is -2.19. The first-order valence-corrected chi connectivity index (χ1v) is 5.66. The lowest BCUT2D eigenvalue weighted by Crippen LogP contribution is -2.24. The average Bonchev–Trinajstić information content (AvgIpc) is 2.30. The van der Waals surface area contributed by atoms with Crippen molar-refractivity contribution >= 4 is 5.97 Å². The summed E-state index contributed by atoms with van der Waals surface area (Å²) in [7, 11) is 0. The highest BCUT2D eigenvalue weighted by Crippen LogP contribution is 2.06. The number of esters is 1. The van der Waals surface area contributed by atoms with Crippen LogP contribution in [0, 0.1) is 0 Å². The Bertz CT molecular complexity index is 337. The van der Waals surface area contributed by atoms with E-state index in [2.05, 4.69) is 0 Å². The molecule has 0 saturated heterocycles. The van der Waals surface area contributed by atoms with E-state index in [1.54, 1.807) is 38.1 Å². The number of rotatable bonds is 6. The molecule has 0 spiro atoms. The molecular weight excluding hydrogens is 220 g/mol. The normalized spacial score (nSPS) is 14.1. The van der Waals surface area contributed by atoms with Crippen LogP contribution in [0.25, 0.3) is 0 Å². The molecule has 94 valence electrons. The largest absolute Gasteiger partial charge is 0.432 e. The summed E-state index contributed by atoms with van der Waals surface area (Å²) in [6, 6.07) is 8.80. The lowest BCUT2D eigenvalue weighted by molar-refractivity contribution is -0.211. The highest BCUT2D eigenvalue weighted by molar-refractivity contribution is 5.89. The van der Waals surface area contributed by atoms with Gasteiger partial charge in [0.25, 0.3) is 0 Å².